The molecule has 0 saturated heterocycles. The van der Waals surface area contributed by atoms with E-state index in [1.807, 2.05) is 0 Å². The monoisotopic (exact) mass is 199 g/mol. The summed E-state index contributed by atoms with van der Waals surface area (Å²) < 4.78 is 4.93. The molecule has 1 unspecified atom stereocenters. The Labute approximate surface area is 86.7 Å². The van der Waals surface area contributed by atoms with Crippen LogP contribution in [0.1, 0.15) is 26.2 Å². The molecule has 0 amide bonds. The predicted octanol–water partition coefficient (Wildman–Crippen LogP) is 1.84. The van der Waals surface area contributed by atoms with Crippen molar-refractivity contribution in [3.05, 3.63) is 12.7 Å². The van der Waals surface area contributed by atoms with Crippen molar-refractivity contribution in [3.63, 3.8) is 0 Å². The molecule has 0 aliphatic heterocycles. The topological polar surface area (TPSA) is 29.5 Å². The molecule has 0 aromatic heterocycles. The van der Waals surface area contributed by atoms with Gasteiger partial charge in [-0.25, -0.2) is 4.79 Å². The van der Waals surface area contributed by atoms with Crippen LogP contribution in [-0.4, -0.2) is 37.6 Å². The number of nitrogens with zero attached hydrogens (tertiary/aromatic N) is 1. The van der Waals surface area contributed by atoms with Gasteiger partial charge in [0.2, 0.25) is 0 Å². The molecule has 3 heteroatoms. The molecule has 0 aliphatic rings. The van der Waals surface area contributed by atoms with Crippen molar-refractivity contribution < 1.29 is 9.53 Å². The summed E-state index contributed by atoms with van der Waals surface area (Å²) in [5.74, 6) is -0.334. The van der Waals surface area contributed by atoms with Crippen LogP contribution in [0.4, 0.5) is 0 Å². The molecular weight excluding hydrogens is 178 g/mol. The molecule has 0 fully saturated rings. The highest BCUT2D eigenvalue weighted by Gasteiger charge is 2.10. The number of esters is 1. The lowest BCUT2D eigenvalue weighted by molar-refractivity contribution is -0.138. The molecule has 0 aromatic rings. The first-order chi connectivity index (χ1) is 6.61. The highest BCUT2D eigenvalue weighted by Crippen LogP contribution is 2.07. The maximum atomic E-state index is 10.8. The van der Waals surface area contributed by atoms with Gasteiger partial charge < -0.3 is 9.64 Å². The molecule has 0 aromatic carbocycles. The van der Waals surface area contributed by atoms with E-state index in [1.165, 1.54) is 6.08 Å². The van der Waals surface area contributed by atoms with Gasteiger partial charge in [0.05, 0.1) is 6.61 Å². The van der Waals surface area contributed by atoms with Gasteiger partial charge in [-0.1, -0.05) is 19.9 Å². The molecule has 0 saturated carbocycles. The van der Waals surface area contributed by atoms with Gasteiger partial charge in [-0.3, -0.25) is 0 Å². The van der Waals surface area contributed by atoms with Crippen LogP contribution in [0.25, 0.3) is 0 Å². The Kier molecular flexibility index (Phi) is 7.11. The van der Waals surface area contributed by atoms with Crippen molar-refractivity contribution in [2.75, 3.05) is 20.7 Å². The minimum Gasteiger partial charge on any atom is -0.462 e. The Bertz CT molecular complexity index is 178. The number of rotatable bonds is 7. The molecule has 0 bridgehead atoms. The quantitative estimate of drug-likeness (QED) is 0.463. The van der Waals surface area contributed by atoms with E-state index in [1.54, 1.807) is 0 Å². The Morgan fingerprint density at radius 3 is 2.57 bits per heavy atom. The lowest BCUT2D eigenvalue weighted by atomic mass is 10.1. The second kappa shape index (κ2) is 7.56. The Hall–Kier alpha value is -0.830. The number of hydrogen-bond donors (Lipinski definition) is 0. The number of ether oxygens (including phenoxy) is 1. The number of hydrogen-bond acceptors (Lipinski definition) is 3. The van der Waals surface area contributed by atoms with Gasteiger partial charge in [-0.2, -0.15) is 0 Å². The van der Waals surface area contributed by atoms with Crippen LogP contribution in [0, 0.1) is 0 Å². The Balaban J connectivity index is 3.70. The van der Waals surface area contributed by atoms with Gasteiger partial charge in [-0.15, -0.1) is 0 Å². The van der Waals surface area contributed by atoms with Crippen molar-refractivity contribution in [1.82, 2.24) is 4.90 Å². The molecule has 3 nitrogen and oxygen atoms in total. The Morgan fingerprint density at radius 1 is 1.50 bits per heavy atom. The summed E-state index contributed by atoms with van der Waals surface area (Å²) >= 11 is 0. The maximum absolute atomic E-state index is 10.8. The van der Waals surface area contributed by atoms with E-state index in [9.17, 15) is 4.79 Å². The summed E-state index contributed by atoms with van der Waals surface area (Å²) in [6.45, 7) is 5.98. The van der Waals surface area contributed by atoms with Gasteiger partial charge in [0, 0.05) is 12.1 Å². The first-order valence-electron chi connectivity index (χ1n) is 5.07. The average Bonchev–Trinajstić information content (AvgIpc) is 2.16. The van der Waals surface area contributed by atoms with Crippen molar-refractivity contribution in [1.29, 1.82) is 0 Å². The molecule has 14 heavy (non-hydrogen) atoms. The van der Waals surface area contributed by atoms with Crippen LogP contribution in [0.2, 0.25) is 0 Å². The highest BCUT2D eigenvalue weighted by atomic mass is 16.5. The van der Waals surface area contributed by atoms with E-state index in [-0.39, 0.29) is 5.97 Å². The summed E-state index contributed by atoms with van der Waals surface area (Å²) in [6.07, 6.45) is 4.38. The zero-order valence-electron chi connectivity index (χ0n) is 9.45. The molecule has 0 rings (SSSR count). The van der Waals surface area contributed by atoms with Crippen LogP contribution in [0.5, 0.6) is 0 Å². The zero-order valence-corrected chi connectivity index (χ0v) is 9.45. The fourth-order valence-electron chi connectivity index (χ4n) is 1.35. The summed E-state index contributed by atoms with van der Waals surface area (Å²) in [5, 5.41) is 0. The molecule has 0 aliphatic carbocycles. The Morgan fingerprint density at radius 2 is 2.14 bits per heavy atom. The van der Waals surface area contributed by atoms with Crippen LogP contribution in [0.15, 0.2) is 12.7 Å². The standard InChI is InChI=1S/C11H21NO2/c1-5-7-10(12(3)4)8-9-14-11(13)6-2/h6,10H,2,5,7-9H2,1,3-4H3. The van der Waals surface area contributed by atoms with E-state index in [0.717, 1.165) is 19.3 Å². The predicted molar refractivity (Wildman–Crippen MR) is 58.2 cm³/mol. The molecular formula is C11H21NO2. The number of carbonyl (C=O) groups is 1. The van der Waals surface area contributed by atoms with E-state index in [0.29, 0.717) is 12.6 Å². The summed E-state index contributed by atoms with van der Waals surface area (Å²) in [5.41, 5.74) is 0. The normalized spacial score (nSPS) is 12.6. The van der Waals surface area contributed by atoms with Crippen LogP contribution in [0.3, 0.4) is 0 Å². The van der Waals surface area contributed by atoms with Gasteiger partial charge in [-0.05, 0) is 26.9 Å². The SMILES string of the molecule is C=CC(=O)OCCC(CCC)N(C)C. The molecule has 0 spiro atoms. The third kappa shape index (κ3) is 5.75. The first kappa shape index (κ1) is 13.2. The van der Waals surface area contributed by atoms with Gasteiger partial charge in [0.15, 0.2) is 0 Å². The second-order valence-corrected chi connectivity index (χ2v) is 3.57. The summed E-state index contributed by atoms with van der Waals surface area (Å²) in [4.78, 5) is 12.9. The lowest BCUT2D eigenvalue weighted by Crippen LogP contribution is -2.29. The molecule has 0 radical (unpaired) electrons. The fraction of sp³-hybridized carbons (Fsp3) is 0.727. The largest absolute Gasteiger partial charge is 0.462 e. The molecule has 0 heterocycles. The molecule has 0 N–H and O–H groups in total. The fourth-order valence-corrected chi connectivity index (χ4v) is 1.35. The van der Waals surface area contributed by atoms with Crippen LogP contribution in [-0.2, 0) is 9.53 Å². The van der Waals surface area contributed by atoms with E-state index >= 15 is 0 Å². The second-order valence-electron chi connectivity index (χ2n) is 3.57. The summed E-state index contributed by atoms with van der Waals surface area (Å²) in [6, 6.07) is 0.498. The van der Waals surface area contributed by atoms with Crippen LogP contribution >= 0.6 is 0 Å². The van der Waals surface area contributed by atoms with Gasteiger partial charge in [0.25, 0.3) is 0 Å². The van der Waals surface area contributed by atoms with Gasteiger partial charge in [0.1, 0.15) is 0 Å². The maximum Gasteiger partial charge on any atom is 0.330 e. The van der Waals surface area contributed by atoms with E-state index in [4.69, 9.17) is 4.74 Å². The van der Waals surface area contributed by atoms with Crippen molar-refractivity contribution in [3.8, 4) is 0 Å². The smallest absolute Gasteiger partial charge is 0.330 e. The van der Waals surface area contributed by atoms with E-state index < -0.39 is 0 Å². The highest BCUT2D eigenvalue weighted by molar-refractivity contribution is 5.81. The zero-order chi connectivity index (χ0) is 11.0. The minimum atomic E-state index is -0.334. The first-order valence-corrected chi connectivity index (χ1v) is 5.07. The average molecular weight is 199 g/mol. The molecule has 82 valence electrons. The lowest BCUT2D eigenvalue weighted by Gasteiger charge is -2.23. The minimum absolute atomic E-state index is 0.334. The molecule has 1 atom stereocenters. The van der Waals surface area contributed by atoms with Crippen molar-refractivity contribution >= 4 is 5.97 Å². The van der Waals surface area contributed by atoms with Crippen LogP contribution < -0.4 is 0 Å². The third-order valence-corrected chi connectivity index (χ3v) is 2.21. The number of carbonyl (C=O) groups excluding carboxylic acids is 1. The van der Waals surface area contributed by atoms with Crippen molar-refractivity contribution in [2.24, 2.45) is 0 Å². The summed E-state index contributed by atoms with van der Waals surface area (Å²) in [7, 11) is 4.10. The van der Waals surface area contributed by atoms with E-state index in [2.05, 4.69) is 32.5 Å². The third-order valence-electron chi connectivity index (χ3n) is 2.21. The van der Waals surface area contributed by atoms with Crippen molar-refractivity contribution in [2.45, 2.75) is 32.2 Å². The van der Waals surface area contributed by atoms with Gasteiger partial charge >= 0.3 is 5.97 Å².